The van der Waals surface area contributed by atoms with Gasteiger partial charge in [-0.2, -0.15) is 0 Å². The van der Waals surface area contributed by atoms with Crippen LogP contribution >= 0.6 is 11.6 Å². The standard InChI is InChI=1S/C13H17ClN2O4/c1-16(8-12(18)15-5-6-20-2)13(19)10-7-9(14)3-4-11(10)17/h3-4,7,17H,5-6,8H2,1-2H3,(H,15,18). The highest BCUT2D eigenvalue weighted by molar-refractivity contribution is 6.31. The van der Waals surface area contributed by atoms with Gasteiger partial charge in [-0.15, -0.1) is 0 Å². The summed E-state index contributed by atoms with van der Waals surface area (Å²) in [4.78, 5) is 24.9. The number of hydrogen-bond acceptors (Lipinski definition) is 4. The van der Waals surface area contributed by atoms with Gasteiger partial charge in [-0.3, -0.25) is 9.59 Å². The number of phenolic OH excluding ortho intramolecular Hbond substituents is 1. The van der Waals surface area contributed by atoms with E-state index in [4.69, 9.17) is 16.3 Å². The zero-order chi connectivity index (χ0) is 15.1. The molecule has 0 atom stereocenters. The number of phenols is 1. The van der Waals surface area contributed by atoms with E-state index in [9.17, 15) is 14.7 Å². The number of rotatable bonds is 6. The Bertz CT molecular complexity index is 493. The van der Waals surface area contributed by atoms with E-state index in [-0.39, 0.29) is 23.8 Å². The lowest BCUT2D eigenvalue weighted by Crippen LogP contribution is -2.39. The van der Waals surface area contributed by atoms with Gasteiger partial charge in [-0.25, -0.2) is 0 Å². The summed E-state index contributed by atoms with van der Waals surface area (Å²) in [5, 5.41) is 12.6. The number of amides is 2. The van der Waals surface area contributed by atoms with E-state index in [0.29, 0.717) is 18.2 Å². The molecule has 2 amide bonds. The third-order valence-corrected chi connectivity index (χ3v) is 2.78. The molecule has 0 spiro atoms. The predicted octanol–water partition coefficient (Wildman–Crippen LogP) is 0.880. The van der Waals surface area contributed by atoms with Crippen molar-refractivity contribution >= 4 is 23.4 Å². The van der Waals surface area contributed by atoms with Crippen molar-refractivity contribution in [3.8, 4) is 5.75 Å². The molecule has 0 aliphatic carbocycles. The molecule has 0 bridgehead atoms. The Kier molecular flexibility index (Phi) is 6.27. The number of ether oxygens (including phenoxy) is 1. The molecular weight excluding hydrogens is 284 g/mol. The average molecular weight is 301 g/mol. The van der Waals surface area contributed by atoms with Gasteiger partial charge in [0.1, 0.15) is 5.75 Å². The molecule has 1 rings (SSSR count). The second-order valence-electron chi connectivity index (χ2n) is 4.17. The molecule has 0 heterocycles. The second kappa shape index (κ2) is 7.72. The summed E-state index contributed by atoms with van der Waals surface area (Å²) in [6.07, 6.45) is 0. The number of carbonyl (C=O) groups excluding carboxylic acids is 2. The van der Waals surface area contributed by atoms with Crippen molar-refractivity contribution in [2.75, 3.05) is 33.9 Å². The highest BCUT2D eigenvalue weighted by atomic mass is 35.5. The van der Waals surface area contributed by atoms with Crippen LogP contribution in [0.1, 0.15) is 10.4 Å². The molecule has 110 valence electrons. The van der Waals surface area contributed by atoms with Gasteiger partial charge in [0.05, 0.1) is 18.7 Å². The molecule has 0 saturated heterocycles. The van der Waals surface area contributed by atoms with Crippen LogP contribution in [0.15, 0.2) is 18.2 Å². The van der Waals surface area contributed by atoms with Gasteiger partial charge in [0.2, 0.25) is 5.91 Å². The molecule has 0 radical (unpaired) electrons. The van der Waals surface area contributed by atoms with Crippen LogP contribution in [0.25, 0.3) is 0 Å². The van der Waals surface area contributed by atoms with Crippen LogP contribution in [0.5, 0.6) is 5.75 Å². The van der Waals surface area contributed by atoms with Crippen LogP contribution in [0.4, 0.5) is 0 Å². The molecular formula is C13H17ClN2O4. The van der Waals surface area contributed by atoms with E-state index in [0.717, 1.165) is 0 Å². The van der Waals surface area contributed by atoms with E-state index in [1.807, 2.05) is 0 Å². The van der Waals surface area contributed by atoms with Gasteiger partial charge >= 0.3 is 0 Å². The number of methoxy groups -OCH3 is 1. The van der Waals surface area contributed by atoms with Crippen LogP contribution in [0.2, 0.25) is 5.02 Å². The number of aromatic hydroxyl groups is 1. The van der Waals surface area contributed by atoms with Gasteiger partial charge in [0, 0.05) is 25.7 Å². The van der Waals surface area contributed by atoms with E-state index < -0.39 is 5.91 Å². The normalized spacial score (nSPS) is 10.2. The van der Waals surface area contributed by atoms with Gasteiger partial charge < -0.3 is 20.1 Å². The van der Waals surface area contributed by atoms with E-state index in [1.54, 1.807) is 0 Å². The van der Waals surface area contributed by atoms with Crippen molar-refractivity contribution in [2.45, 2.75) is 0 Å². The molecule has 0 aliphatic rings. The average Bonchev–Trinajstić information content (AvgIpc) is 2.41. The maximum Gasteiger partial charge on any atom is 0.257 e. The van der Waals surface area contributed by atoms with E-state index >= 15 is 0 Å². The maximum absolute atomic E-state index is 12.1. The fraction of sp³-hybridized carbons (Fsp3) is 0.385. The lowest BCUT2D eigenvalue weighted by Gasteiger charge is -2.17. The Balaban J connectivity index is 2.62. The molecule has 0 unspecified atom stereocenters. The summed E-state index contributed by atoms with van der Waals surface area (Å²) in [6, 6.07) is 4.17. The smallest absolute Gasteiger partial charge is 0.257 e. The monoisotopic (exact) mass is 300 g/mol. The SMILES string of the molecule is COCCNC(=O)CN(C)C(=O)c1cc(Cl)ccc1O. The predicted molar refractivity (Wildman–Crippen MR) is 75.0 cm³/mol. The van der Waals surface area contributed by atoms with Crippen molar-refractivity contribution in [2.24, 2.45) is 0 Å². The van der Waals surface area contributed by atoms with Gasteiger partial charge in [0.15, 0.2) is 0 Å². The summed E-state index contributed by atoms with van der Waals surface area (Å²) in [6.45, 7) is 0.659. The molecule has 6 nitrogen and oxygen atoms in total. The minimum Gasteiger partial charge on any atom is -0.507 e. The van der Waals surface area contributed by atoms with Crippen molar-refractivity contribution in [1.29, 1.82) is 0 Å². The van der Waals surface area contributed by atoms with Crippen LogP contribution < -0.4 is 5.32 Å². The molecule has 1 aromatic carbocycles. The zero-order valence-electron chi connectivity index (χ0n) is 11.4. The Morgan fingerprint density at radius 3 is 2.80 bits per heavy atom. The molecule has 7 heteroatoms. The van der Waals surface area contributed by atoms with E-state index in [2.05, 4.69) is 5.32 Å². The first-order valence-corrected chi connectivity index (χ1v) is 6.33. The first-order valence-electron chi connectivity index (χ1n) is 5.95. The highest BCUT2D eigenvalue weighted by Gasteiger charge is 2.18. The Hall–Kier alpha value is -1.79. The van der Waals surface area contributed by atoms with Crippen LogP contribution in [-0.2, 0) is 9.53 Å². The largest absolute Gasteiger partial charge is 0.507 e. The third kappa shape index (κ3) is 4.71. The topological polar surface area (TPSA) is 78.9 Å². The minimum absolute atomic E-state index is 0.0599. The molecule has 1 aromatic rings. The second-order valence-corrected chi connectivity index (χ2v) is 4.60. The van der Waals surface area contributed by atoms with Crippen molar-refractivity contribution in [1.82, 2.24) is 10.2 Å². The maximum atomic E-state index is 12.1. The minimum atomic E-state index is -0.480. The lowest BCUT2D eigenvalue weighted by molar-refractivity contribution is -0.121. The molecule has 0 aromatic heterocycles. The van der Waals surface area contributed by atoms with Gasteiger partial charge in [-0.05, 0) is 18.2 Å². The fourth-order valence-electron chi connectivity index (χ4n) is 1.52. The van der Waals surface area contributed by atoms with E-state index in [1.165, 1.54) is 37.3 Å². The number of nitrogens with zero attached hydrogens (tertiary/aromatic N) is 1. The number of halogens is 1. The summed E-state index contributed by atoms with van der Waals surface area (Å²) < 4.78 is 4.80. The Morgan fingerprint density at radius 1 is 1.45 bits per heavy atom. The molecule has 0 fully saturated rings. The summed E-state index contributed by atoms with van der Waals surface area (Å²) >= 11 is 5.78. The fourth-order valence-corrected chi connectivity index (χ4v) is 1.69. The number of nitrogens with one attached hydrogen (secondary N) is 1. The van der Waals surface area contributed by atoms with Gasteiger partial charge in [-0.1, -0.05) is 11.6 Å². The van der Waals surface area contributed by atoms with Crippen molar-refractivity contribution in [3.05, 3.63) is 28.8 Å². The summed E-state index contributed by atoms with van der Waals surface area (Å²) in [5.41, 5.74) is 0.0599. The first kappa shape index (κ1) is 16.3. The quantitative estimate of drug-likeness (QED) is 0.765. The summed E-state index contributed by atoms with van der Waals surface area (Å²) in [5.74, 6) is -0.961. The molecule has 20 heavy (non-hydrogen) atoms. The van der Waals surface area contributed by atoms with Gasteiger partial charge in [0.25, 0.3) is 5.91 Å². The number of benzene rings is 1. The van der Waals surface area contributed by atoms with Crippen molar-refractivity contribution in [3.63, 3.8) is 0 Å². The Morgan fingerprint density at radius 2 is 2.15 bits per heavy atom. The highest BCUT2D eigenvalue weighted by Crippen LogP contribution is 2.22. The van der Waals surface area contributed by atoms with Crippen molar-refractivity contribution < 1.29 is 19.4 Å². The number of carbonyl (C=O) groups is 2. The summed E-state index contributed by atoms with van der Waals surface area (Å²) in [7, 11) is 3.00. The van der Waals surface area contributed by atoms with Crippen LogP contribution in [0, 0.1) is 0 Å². The van der Waals surface area contributed by atoms with Crippen LogP contribution in [-0.4, -0.2) is 55.7 Å². The Labute approximate surface area is 122 Å². The zero-order valence-corrected chi connectivity index (χ0v) is 12.1. The third-order valence-electron chi connectivity index (χ3n) is 2.54. The molecule has 2 N–H and O–H groups in total. The molecule has 0 saturated carbocycles. The first-order chi connectivity index (χ1) is 9.45. The molecule has 0 aliphatic heterocycles. The number of likely N-dealkylation sites (N-methyl/N-ethyl adjacent to an activating group) is 1. The van der Waals surface area contributed by atoms with Crippen LogP contribution in [0.3, 0.4) is 0 Å². The number of hydrogen-bond donors (Lipinski definition) is 2. The lowest BCUT2D eigenvalue weighted by atomic mass is 10.2.